The predicted molar refractivity (Wildman–Crippen MR) is 127 cm³/mol. The number of aryl methyl sites for hydroxylation is 2. The van der Waals surface area contributed by atoms with Gasteiger partial charge in [0.15, 0.2) is 18.1 Å². The Hall–Kier alpha value is -3.84. The van der Waals surface area contributed by atoms with Crippen molar-refractivity contribution in [3.05, 3.63) is 87.9 Å². The summed E-state index contributed by atoms with van der Waals surface area (Å²) in [6.45, 7) is 3.68. The van der Waals surface area contributed by atoms with E-state index in [0.717, 1.165) is 11.1 Å². The van der Waals surface area contributed by atoms with Crippen molar-refractivity contribution < 1.29 is 23.8 Å². The standard InChI is InChI=1S/C25H23ClN2O5/c1-16-5-4-6-17(2)24(16)32-15-23(29)28-27-14-18-7-12-21(22(13-18)31-3)33-25(30)19-8-10-20(26)11-9-19/h4-14H,15H2,1-3H3,(H,28,29). The van der Waals surface area contributed by atoms with Gasteiger partial charge >= 0.3 is 5.97 Å². The molecular weight excluding hydrogens is 444 g/mol. The number of hydrogen-bond acceptors (Lipinski definition) is 6. The minimum absolute atomic E-state index is 0.161. The van der Waals surface area contributed by atoms with Gasteiger partial charge in [0.25, 0.3) is 5.91 Å². The molecule has 0 aliphatic heterocycles. The lowest BCUT2D eigenvalue weighted by Gasteiger charge is -2.11. The third-order valence-corrected chi connectivity index (χ3v) is 4.88. The van der Waals surface area contributed by atoms with Gasteiger partial charge in [-0.25, -0.2) is 10.2 Å². The molecule has 7 nitrogen and oxygen atoms in total. The van der Waals surface area contributed by atoms with Gasteiger partial charge in [-0.2, -0.15) is 5.10 Å². The number of hydrogen-bond donors (Lipinski definition) is 1. The summed E-state index contributed by atoms with van der Waals surface area (Å²) in [4.78, 5) is 24.4. The quantitative estimate of drug-likeness (QED) is 0.225. The predicted octanol–water partition coefficient (Wildman–Crippen LogP) is 4.71. The monoisotopic (exact) mass is 466 g/mol. The second-order valence-corrected chi connectivity index (χ2v) is 7.55. The number of para-hydroxylation sites is 1. The summed E-state index contributed by atoms with van der Waals surface area (Å²) in [6, 6.07) is 17.0. The first-order chi connectivity index (χ1) is 15.9. The first-order valence-corrected chi connectivity index (χ1v) is 10.4. The van der Waals surface area contributed by atoms with Gasteiger partial charge in [-0.3, -0.25) is 4.79 Å². The Labute approximate surface area is 196 Å². The highest BCUT2D eigenvalue weighted by molar-refractivity contribution is 6.30. The third-order valence-electron chi connectivity index (χ3n) is 4.63. The zero-order chi connectivity index (χ0) is 23.8. The van der Waals surface area contributed by atoms with Crippen LogP contribution in [0.4, 0.5) is 0 Å². The first kappa shape index (κ1) is 23.8. The molecule has 0 atom stereocenters. The average Bonchev–Trinajstić information content (AvgIpc) is 2.80. The van der Waals surface area contributed by atoms with Gasteiger partial charge in [0, 0.05) is 5.02 Å². The number of nitrogens with zero attached hydrogens (tertiary/aromatic N) is 1. The fourth-order valence-electron chi connectivity index (χ4n) is 2.97. The molecule has 1 N–H and O–H groups in total. The number of amides is 1. The Morgan fingerprint density at radius 1 is 1.00 bits per heavy atom. The van der Waals surface area contributed by atoms with Crippen LogP contribution >= 0.6 is 11.6 Å². The number of carbonyl (C=O) groups is 2. The van der Waals surface area contributed by atoms with Gasteiger partial charge in [-0.05, 0) is 73.0 Å². The number of esters is 1. The van der Waals surface area contributed by atoms with E-state index in [1.807, 2.05) is 32.0 Å². The molecule has 170 valence electrons. The van der Waals surface area contributed by atoms with E-state index in [-0.39, 0.29) is 12.4 Å². The Kier molecular flexibility index (Phi) is 8.05. The van der Waals surface area contributed by atoms with Crippen LogP contribution in [0.3, 0.4) is 0 Å². The fourth-order valence-corrected chi connectivity index (χ4v) is 3.10. The Balaban J connectivity index is 1.58. The number of benzene rings is 3. The van der Waals surface area contributed by atoms with Crippen molar-refractivity contribution in [3.8, 4) is 17.2 Å². The summed E-state index contributed by atoms with van der Waals surface area (Å²) in [5, 5.41) is 4.46. The summed E-state index contributed by atoms with van der Waals surface area (Å²) in [5.74, 6) is 0.341. The molecule has 0 aliphatic carbocycles. The molecule has 0 aliphatic rings. The summed E-state index contributed by atoms with van der Waals surface area (Å²) < 4.78 is 16.3. The highest BCUT2D eigenvalue weighted by Gasteiger charge is 2.13. The van der Waals surface area contributed by atoms with Crippen molar-refractivity contribution in [1.29, 1.82) is 0 Å². The van der Waals surface area contributed by atoms with Gasteiger partial charge in [-0.15, -0.1) is 0 Å². The van der Waals surface area contributed by atoms with Crippen LogP contribution in [0.2, 0.25) is 5.02 Å². The Bertz CT molecular complexity index is 1160. The van der Waals surface area contributed by atoms with Gasteiger partial charge < -0.3 is 14.2 Å². The maximum absolute atomic E-state index is 12.3. The molecule has 0 unspecified atom stereocenters. The van der Waals surface area contributed by atoms with Crippen molar-refractivity contribution in [2.75, 3.05) is 13.7 Å². The number of carbonyl (C=O) groups excluding carboxylic acids is 2. The van der Waals surface area contributed by atoms with E-state index in [1.54, 1.807) is 42.5 Å². The zero-order valence-electron chi connectivity index (χ0n) is 18.4. The molecule has 3 aromatic rings. The van der Waals surface area contributed by atoms with Crippen LogP contribution < -0.4 is 19.6 Å². The second-order valence-electron chi connectivity index (χ2n) is 7.11. The van der Waals surface area contributed by atoms with E-state index in [0.29, 0.717) is 27.6 Å². The minimum atomic E-state index is -0.539. The molecule has 3 rings (SSSR count). The van der Waals surface area contributed by atoms with Crippen LogP contribution in [0.15, 0.2) is 65.8 Å². The number of hydrazone groups is 1. The lowest BCUT2D eigenvalue weighted by molar-refractivity contribution is -0.123. The highest BCUT2D eigenvalue weighted by atomic mass is 35.5. The number of halogens is 1. The van der Waals surface area contributed by atoms with Gasteiger partial charge in [0.2, 0.25) is 0 Å². The van der Waals surface area contributed by atoms with Crippen molar-refractivity contribution in [2.45, 2.75) is 13.8 Å². The van der Waals surface area contributed by atoms with E-state index >= 15 is 0 Å². The molecule has 0 heterocycles. The molecule has 0 saturated carbocycles. The number of nitrogens with one attached hydrogen (secondary N) is 1. The maximum Gasteiger partial charge on any atom is 0.343 e. The molecule has 0 fully saturated rings. The highest BCUT2D eigenvalue weighted by Crippen LogP contribution is 2.28. The van der Waals surface area contributed by atoms with Crippen LogP contribution in [-0.2, 0) is 4.79 Å². The van der Waals surface area contributed by atoms with Crippen LogP contribution in [0.25, 0.3) is 0 Å². The molecule has 33 heavy (non-hydrogen) atoms. The lowest BCUT2D eigenvalue weighted by Crippen LogP contribution is -2.25. The maximum atomic E-state index is 12.3. The van der Waals surface area contributed by atoms with E-state index in [4.69, 9.17) is 25.8 Å². The van der Waals surface area contributed by atoms with Crippen molar-refractivity contribution in [1.82, 2.24) is 5.43 Å². The average molecular weight is 467 g/mol. The summed E-state index contributed by atoms with van der Waals surface area (Å²) in [5.41, 5.74) is 5.32. The van der Waals surface area contributed by atoms with E-state index in [2.05, 4.69) is 10.5 Å². The molecule has 8 heteroatoms. The summed E-state index contributed by atoms with van der Waals surface area (Å²) in [7, 11) is 1.46. The fraction of sp³-hybridized carbons (Fsp3) is 0.160. The molecule has 0 radical (unpaired) electrons. The minimum Gasteiger partial charge on any atom is -0.493 e. The van der Waals surface area contributed by atoms with Gasteiger partial charge in [0.1, 0.15) is 5.75 Å². The molecule has 0 aromatic heterocycles. The second kappa shape index (κ2) is 11.2. The third kappa shape index (κ3) is 6.57. The molecule has 1 amide bonds. The van der Waals surface area contributed by atoms with Gasteiger partial charge in [-0.1, -0.05) is 29.8 Å². The molecule has 3 aromatic carbocycles. The van der Waals surface area contributed by atoms with Crippen LogP contribution in [-0.4, -0.2) is 31.8 Å². The number of rotatable bonds is 8. The van der Waals surface area contributed by atoms with E-state index < -0.39 is 11.9 Å². The lowest BCUT2D eigenvalue weighted by atomic mass is 10.1. The number of ether oxygens (including phenoxy) is 3. The largest absolute Gasteiger partial charge is 0.493 e. The van der Waals surface area contributed by atoms with Gasteiger partial charge in [0.05, 0.1) is 18.9 Å². The summed E-state index contributed by atoms with van der Waals surface area (Å²) >= 11 is 5.84. The van der Waals surface area contributed by atoms with Crippen LogP contribution in [0.5, 0.6) is 17.2 Å². The normalized spacial score (nSPS) is 10.7. The summed E-state index contributed by atoms with van der Waals surface area (Å²) in [6.07, 6.45) is 1.45. The van der Waals surface area contributed by atoms with Crippen LogP contribution in [0, 0.1) is 13.8 Å². The van der Waals surface area contributed by atoms with Crippen molar-refractivity contribution in [3.63, 3.8) is 0 Å². The van der Waals surface area contributed by atoms with Crippen molar-refractivity contribution >= 4 is 29.7 Å². The smallest absolute Gasteiger partial charge is 0.343 e. The SMILES string of the molecule is COc1cc(C=NNC(=O)COc2c(C)cccc2C)ccc1OC(=O)c1ccc(Cl)cc1. The zero-order valence-corrected chi connectivity index (χ0v) is 19.2. The van der Waals surface area contributed by atoms with Crippen LogP contribution in [0.1, 0.15) is 27.0 Å². The molecule has 0 saturated heterocycles. The van der Waals surface area contributed by atoms with E-state index in [9.17, 15) is 9.59 Å². The van der Waals surface area contributed by atoms with E-state index in [1.165, 1.54) is 13.3 Å². The molecule has 0 spiro atoms. The molecule has 0 bridgehead atoms. The topological polar surface area (TPSA) is 86.2 Å². The first-order valence-electron chi connectivity index (χ1n) is 10.0. The Morgan fingerprint density at radius 3 is 2.36 bits per heavy atom. The number of methoxy groups -OCH3 is 1. The Morgan fingerprint density at radius 2 is 1.70 bits per heavy atom. The molecular formula is C25H23ClN2O5. The van der Waals surface area contributed by atoms with Crippen molar-refractivity contribution in [2.24, 2.45) is 5.10 Å².